The third-order valence-electron chi connectivity index (χ3n) is 0.927. The molecule has 0 saturated carbocycles. The van der Waals surface area contributed by atoms with Crippen molar-refractivity contribution in [1.82, 2.24) is 0 Å². The minimum atomic E-state index is -0.0415. The molecule has 7 heavy (non-hydrogen) atoms. The fourth-order valence-corrected chi connectivity index (χ4v) is 3.35. The summed E-state index contributed by atoms with van der Waals surface area (Å²) in [4.78, 5) is 0. The van der Waals surface area contributed by atoms with Crippen LogP contribution in [0.25, 0.3) is 0 Å². The summed E-state index contributed by atoms with van der Waals surface area (Å²) in [6.45, 7) is 7.00. The summed E-state index contributed by atoms with van der Waals surface area (Å²) < 4.78 is 2.68. The third kappa shape index (κ3) is 6.80. The molecule has 0 unspecified atom stereocenters. The molecule has 0 amide bonds. The zero-order valence-electron chi connectivity index (χ0n) is 5.57. The summed E-state index contributed by atoms with van der Waals surface area (Å²) in [5.41, 5.74) is 0. The Balaban J connectivity index is 2.68. The summed E-state index contributed by atoms with van der Waals surface area (Å²) in [5.74, 6) is 0. The maximum atomic E-state index is 2.36. The van der Waals surface area contributed by atoms with Crippen LogP contribution in [0.15, 0.2) is 0 Å². The summed E-state index contributed by atoms with van der Waals surface area (Å²) in [6, 6.07) is 0. The van der Waals surface area contributed by atoms with Crippen molar-refractivity contribution in [2.24, 2.45) is 0 Å². The summed E-state index contributed by atoms with van der Waals surface area (Å²) >= 11 is -0.0415. The van der Waals surface area contributed by atoms with Crippen molar-refractivity contribution in [2.75, 3.05) is 0 Å². The zero-order chi connectivity index (χ0) is 5.70. The molecule has 43 valence electrons. The van der Waals surface area contributed by atoms with Crippen LogP contribution < -0.4 is 0 Å². The second-order valence-corrected chi connectivity index (χ2v) is 9.07. The Morgan fingerprint density at radius 2 is 2.00 bits per heavy atom. The van der Waals surface area contributed by atoms with Crippen LogP contribution in [0.3, 0.4) is 0 Å². The maximum absolute atomic E-state index is 2.36. The van der Waals surface area contributed by atoms with Crippen molar-refractivity contribution in [3.8, 4) is 0 Å². The molecule has 0 saturated heterocycles. The average molecular weight is 206 g/mol. The molecule has 1 radical (unpaired) electrons. The second kappa shape index (κ2) is 4.95. The van der Waals surface area contributed by atoms with Gasteiger partial charge in [0.05, 0.1) is 0 Å². The minimum absolute atomic E-state index is 0.0415. The van der Waals surface area contributed by atoms with Crippen LogP contribution in [-0.2, 0) is 0 Å². The van der Waals surface area contributed by atoms with Gasteiger partial charge in [-0.25, -0.2) is 0 Å². The molecule has 0 aliphatic rings. The number of rotatable bonds is 3. The van der Waals surface area contributed by atoms with E-state index in [1.807, 2.05) is 0 Å². The standard InChI is InChI=1S/2C3H7.Sn.H/c2*1-3-2;;/h3H,1-2H3;1,3H2,2H3;;. The first kappa shape index (κ1) is 7.80. The first-order valence-corrected chi connectivity index (χ1v) is 7.34. The molecule has 0 atom stereocenters. The van der Waals surface area contributed by atoms with Gasteiger partial charge in [-0.15, -0.1) is 0 Å². The molecule has 1 heteroatoms. The number of hydrogen-bond donors (Lipinski definition) is 0. The predicted octanol–water partition coefficient (Wildman–Crippen LogP) is 2.08. The molecule has 0 aromatic heterocycles. The molecule has 0 spiro atoms. The quantitative estimate of drug-likeness (QED) is 0.620. The van der Waals surface area contributed by atoms with Crippen LogP contribution >= 0.6 is 0 Å². The fraction of sp³-hybridized carbons (Fsp3) is 1.00. The van der Waals surface area contributed by atoms with E-state index in [2.05, 4.69) is 20.8 Å². The van der Waals surface area contributed by atoms with E-state index in [0.29, 0.717) is 0 Å². The second-order valence-electron chi connectivity index (χ2n) is 2.27. The van der Waals surface area contributed by atoms with E-state index in [1.165, 1.54) is 6.42 Å². The molecule has 0 bridgehead atoms. The topological polar surface area (TPSA) is 0 Å². The van der Waals surface area contributed by atoms with Crippen LogP contribution in [0.1, 0.15) is 27.2 Å². The van der Waals surface area contributed by atoms with E-state index in [9.17, 15) is 0 Å². The molecule has 0 aromatic carbocycles. The monoisotopic (exact) mass is 207 g/mol. The van der Waals surface area contributed by atoms with E-state index < -0.39 is 0 Å². The van der Waals surface area contributed by atoms with Gasteiger partial charge in [-0.1, -0.05) is 0 Å². The van der Waals surface area contributed by atoms with Gasteiger partial charge in [0, 0.05) is 0 Å². The Kier molecular flexibility index (Phi) is 5.51. The van der Waals surface area contributed by atoms with Crippen molar-refractivity contribution in [3.63, 3.8) is 0 Å². The first-order chi connectivity index (χ1) is 3.27. The summed E-state index contributed by atoms with van der Waals surface area (Å²) in [7, 11) is 0. The normalized spacial score (nSPS) is 10.3. The van der Waals surface area contributed by atoms with Crippen molar-refractivity contribution >= 4 is 21.1 Å². The Labute approximate surface area is 56.9 Å². The van der Waals surface area contributed by atoms with Crippen LogP contribution in [-0.4, -0.2) is 21.1 Å². The Morgan fingerprint density at radius 3 is 2.14 bits per heavy atom. The van der Waals surface area contributed by atoms with Crippen LogP contribution in [0.2, 0.25) is 8.37 Å². The molecular weight excluding hydrogens is 191 g/mol. The molecule has 0 rings (SSSR count). The van der Waals surface area contributed by atoms with Gasteiger partial charge in [0.2, 0.25) is 0 Å². The van der Waals surface area contributed by atoms with Crippen LogP contribution in [0.4, 0.5) is 0 Å². The molecule has 0 N–H and O–H groups in total. The molecule has 0 aliphatic heterocycles. The van der Waals surface area contributed by atoms with Crippen molar-refractivity contribution in [3.05, 3.63) is 0 Å². The third-order valence-corrected chi connectivity index (χ3v) is 6.22. The Bertz CT molecular complexity index is 33.2. The van der Waals surface area contributed by atoms with E-state index in [0.717, 1.165) is 3.93 Å². The van der Waals surface area contributed by atoms with Gasteiger partial charge < -0.3 is 0 Å². The van der Waals surface area contributed by atoms with Crippen LogP contribution in [0.5, 0.6) is 0 Å². The molecular formula is C6H15Sn. The molecule has 0 aliphatic carbocycles. The summed E-state index contributed by atoms with van der Waals surface area (Å²) in [6.07, 6.45) is 1.43. The van der Waals surface area contributed by atoms with Gasteiger partial charge in [-0.2, -0.15) is 0 Å². The van der Waals surface area contributed by atoms with E-state index in [4.69, 9.17) is 0 Å². The average Bonchev–Trinajstić information content (AvgIpc) is 1.61. The predicted molar refractivity (Wildman–Crippen MR) is 37.3 cm³/mol. The fourth-order valence-electron chi connectivity index (χ4n) is 0.500. The SMILES string of the molecule is CC[CH2][SnH][CH](C)C. The van der Waals surface area contributed by atoms with Gasteiger partial charge in [-0.05, 0) is 0 Å². The zero-order valence-corrected chi connectivity index (χ0v) is 8.86. The van der Waals surface area contributed by atoms with Gasteiger partial charge in [0.1, 0.15) is 0 Å². The van der Waals surface area contributed by atoms with Crippen LogP contribution in [0, 0.1) is 0 Å². The van der Waals surface area contributed by atoms with Gasteiger partial charge in [0.15, 0.2) is 0 Å². The number of hydrogen-bond acceptors (Lipinski definition) is 0. The molecule has 0 fully saturated rings. The van der Waals surface area contributed by atoms with Gasteiger partial charge >= 0.3 is 56.7 Å². The molecule has 0 aromatic rings. The Hall–Kier alpha value is 0.799. The van der Waals surface area contributed by atoms with Gasteiger partial charge in [-0.3, -0.25) is 0 Å². The van der Waals surface area contributed by atoms with Crippen molar-refractivity contribution in [2.45, 2.75) is 35.6 Å². The molecule has 0 nitrogen and oxygen atoms in total. The van der Waals surface area contributed by atoms with E-state index in [-0.39, 0.29) is 21.1 Å². The molecule has 0 heterocycles. The summed E-state index contributed by atoms with van der Waals surface area (Å²) in [5, 5.41) is 0. The van der Waals surface area contributed by atoms with Crippen molar-refractivity contribution < 1.29 is 0 Å². The van der Waals surface area contributed by atoms with E-state index in [1.54, 1.807) is 4.44 Å². The van der Waals surface area contributed by atoms with E-state index >= 15 is 0 Å². The van der Waals surface area contributed by atoms with Gasteiger partial charge in [0.25, 0.3) is 0 Å². The Morgan fingerprint density at radius 1 is 1.43 bits per heavy atom. The first-order valence-electron chi connectivity index (χ1n) is 3.10. The van der Waals surface area contributed by atoms with Crippen molar-refractivity contribution in [1.29, 1.82) is 0 Å².